The molecule has 5 nitrogen and oxygen atoms in total. The van der Waals surface area contributed by atoms with Crippen molar-refractivity contribution in [2.24, 2.45) is 11.7 Å². The Balaban J connectivity index is 1.93. The third-order valence-corrected chi connectivity index (χ3v) is 4.27. The van der Waals surface area contributed by atoms with Crippen LogP contribution >= 0.6 is 11.3 Å². The van der Waals surface area contributed by atoms with Crippen LogP contribution in [-0.4, -0.2) is 35.0 Å². The number of hydrogen-bond acceptors (Lipinski definition) is 4. The number of nitrogens with two attached hydrogens (primary N) is 1. The highest BCUT2D eigenvalue weighted by Crippen LogP contribution is 2.22. The first-order valence-electron chi connectivity index (χ1n) is 5.89. The summed E-state index contributed by atoms with van der Waals surface area (Å²) in [5.41, 5.74) is 6.13. The van der Waals surface area contributed by atoms with E-state index < -0.39 is 5.97 Å². The highest BCUT2D eigenvalue weighted by atomic mass is 32.1. The van der Waals surface area contributed by atoms with E-state index in [1.54, 1.807) is 5.38 Å². The Morgan fingerprint density at radius 3 is 2.67 bits per heavy atom. The summed E-state index contributed by atoms with van der Waals surface area (Å²) in [6.07, 6.45) is 1.53. The van der Waals surface area contributed by atoms with Crippen molar-refractivity contribution < 1.29 is 14.7 Å². The lowest BCUT2D eigenvalue weighted by molar-refractivity contribution is -0.123. The minimum Gasteiger partial charge on any atom is -0.477 e. The maximum Gasteiger partial charge on any atom is 0.346 e. The van der Waals surface area contributed by atoms with E-state index in [2.05, 4.69) is 4.90 Å². The minimum atomic E-state index is -0.868. The number of amides is 1. The van der Waals surface area contributed by atoms with Crippen molar-refractivity contribution >= 4 is 23.2 Å². The van der Waals surface area contributed by atoms with E-state index in [9.17, 15) is 9.59 Å². The van der Waals surface area contributed by atoms with Gasteiger partial charge in [-0.1, -0.05) is 0 Å². The van der Waals surface area contributed by atoms with Crippen LogP contribution in [0, 0.1) is 5.92 Å². The summed E-state index contributed by atoms with van der Waals surface area (Å²) < 4.78 is 0. The molecule has 0 aromatic carbocycles. The molecule has 2 rings (SSSR count). The number of rotatable bonds is 4. The Labute approximate surface area is 109 Å². The minimum absolute atomic E-state index is 0.0253. The van der Waals surface area contributed by atoms with Gasteiger partial charge in [-0.3, -0.25) is 9.69 Å². The van der Waals surface area contributed by atoms with Crippen molar-refractivity contribution in [1.29, 1.82) is 0 Å². The van der Waals surface area contributed by atoms with E-state index in [4.69, 9.17) is 10.8 Å². The summed E-state index contributed by atoms with van der Waals surface area (Å²) in [7, 11) is 0. The number of likely N-dealkylation sites (tertiary alicyclic amines) is 1. The maximum atomic E-state index is 11.0. The molecule has 98 valence electrons. The van der Waals surface area contributed by atoms with Gasteiger partial charge in [-0.15, -0.1) is 11.3 Å². The first-order chi connectivity index (χ1) is 8.58. The molecule has 1 amide bonds. The second kappa shape index (κ2) is 5.49. The predicted octanol–water partition coefficient (Wildman–Crippen LogP) is 1.14. The van der Waals surface area contributed by atoms with Gasteiger partial charge >= 0.3 is 5.97 Å². The lowest BCUT2D eigenvalue weighted by Crippen LogP contribution is -2.38. The highest BCUT2D eigenvalue weighted by Gasteiger charge is 2.24. The molecule has 1 aromatic rings. The van der Waals surface area contributed by atoms with Crippen LogP contribution in [0.3, 0.4) is 0 Å². The SMILES string of the molecule is NC(=O)C1CCN(Cc2ccsc2C(=O)O)CC1. The number of carboxylic acids is 1. The second-order valence-corrected chi connectivity index (χ2v) is 5.45. The van der Waals surface area contributed by atoms with Crippen molar-refractivity contribution in [2.75, 3.05) is 13.1 Å². The molecule has 1 fully saturated rings. The van der Waals surface area contributed by atoms with Gasteiger partial charge < -0.3 is 10.8 Å². The Kier molecular flexibility index (Phi) is 3.98. The van der Waals surface area contributed by atoms with Crippen LogP contribution in [-0.2, 0) is 11.3 Å². The highest BCUT2D eigenvalue weighted by molar-refractivity contribution is 7.12. The largest absolute Gasteiger partial charge is 0.477 e. The average Bonchev–Trinajstić information content (AvgIpc) is 2.78. The van der Waals surface area contributed by atoms with Gasteiger partial charge in [0.2, 0.25) is 5.91 Å². The van der Waals surface area contributed by atoms with Gasteiger partial charge in [0.15, 0.2) is 0 Å². The van der Waals surface area contributed by atoms with Crippen molar-refractivity contribution in [1.82, 2.24) is 4.90 Å². The molecule has 0 atom stereocenters. The molecular weight excluding hydrogens is 252 g/mol. The predicted molar refractivity (Wildman–Crippen MR) is 68.5 cm³/mol. The van der Waals surface area contributed by atoms with Gasteiger partial charge in [-0.25, -0.2) is 4.79 Å². The summed E-state index contributed by atoms with van der Waals surface area (Å²) in [4.78, 5) is 24.6. The van der Waals surface area contributed by atoms with Gasteiger partial charge in [0, 0.05) is 12.5 Å². The summed E-state index contributed by atoms with van der Waals surface area (Å²) in [6, 6.07) is 1.86. The normalized spacial score (nSPS) is 17.8. The number of hydrogen-bond donors (Lipinski definition) is 2. The van der Waals surface area contributed by atoms with Crippen molar-refractivity contribution in [2.45, 2.75) is 19.4 Å². The van der Waals surface area contributed by atoms with E-state index in [1.807, 2.05) is 6.07 Å². The molecule has 0 unspecified atom stereocenters. The van der Waals surface area contributed by atoms with E-state index in [0.29, 0.717) is 11.4 Å². The standard InChI is InChI=1S/C12H16N2O3S/c13-11(15)8-1-4-14(5-2-8)7-9-3-6-18-10(9)12(16)17/h3,6,8H,1-2,4-5,7H2,(H2,13,15)(H,16,17). The van der Waals surface area contributed by atoms with Gasteiger partial charge in [-0.05, 0) is 42.9 Å². The van der Waals surface area contributed by atoms with Crippen LogP contribution in [0.1, 0.15) is 28.1 Å². The molecule has 2 heterocycles. The summed E-state index contributed by atoms with van der Waals surface area (Å²) >= 11 is 1.25. The lowest BCUT2D eigenvalue weighted by atomic mass is 9.96. The smallest absolute Gasteiger partial charge is 0.346 e. The molecule has 1 aliphatic heterocycles. The fourth-order valence-electron chi connectivity index (χ4n) is 2.26. The van der Waals surface area contributed by atoms with Crippen LogP contribution in [0.15, 0.2) is 11.4 Å². The Morgan fingerprint density at radius 1 is 1.44 bits per heavy atom. The fourth-order valence-corrected chi connectivity index (χ4v) is 3.02. The molecule has 1 aliphatic rings. The second-order valence-electron chi connectivity index (χ2n) is 4.53. The molecule has 1 saturated heterocycles. The number of carbonyl (C=O) groups excluding carboxylic acids is 1. The van der Waals surface area contributed by atoms with Crippen LogP contribution in [0.5, 0.6) is 0 Å². The first-order valence-corrected chi connectivity index (χ1v) is 6.77. The van der Waals surface area contributed by atoms with Crippen LogP contribution in [0.4, 0.5) is 0 Å². The molecule has 0 radical (unpaired) electrons. The topological polar surface area (TPSA) is 83.6 Å². The number of carbonyl (C=O) groups is 2. The molecule has 3 N–H and O–H groups in total. The number of nitrogens with zero attached hydrogens (tertiary/aromatic N) is 1. The Bertz CT molecular complexity index is 450. The zero-order valence-electron chi connectivity index (χ0n) is 9.96. The lowest BCUT2D eigenvalue weighted by Gasteiger charge is -2.30. The van der Waals surface area contributed by atoms with E-state index in [0.717, 1.165) is 31.5 Å². The van der Waals surface area contributed by atoms with Crippen LogP contribution in [0.25, 0.3) is 0 Å². The number of primary amides is 1. The molecular formula is C12H16N2O3S. The quantitative estimate of drug-likeness (QED) is 0.857. The summed E-state index contributed by atoms with van der Waals surface area (Å²) in [5, 5.41) is 10.8. The van der Waals surface area contributed by atoms with Gasteiger partial charge in [0.25, 0.3) is 0 Å². The number of aromatic carboxylic acids is 1. The number of thiophene rings is 1. The number of carboxylic acid groups (broad SMARTS) is 1. The molecule has 6 heteroatoms. The fraction of sp³-hybridized carbons (Fsp3) is 0.500. The zero-order chi connectivity index (χ0) is 13.1. The third kappa shape index (κ3) is 2.88. The van der Waals surface area contributed by atoms with Crippen molar-refractivity contribution in [3.63, 3.8) is 0 Å². The average molecular weight is 268 g/mol. The van der Waals surface area contributed by atoms with Gasteiger partial charge in [-0.2, -0.15) is 0 Å². The first kappa shape index (κ1) is 13.0. The monoisotopic (exact) mass is 268 g/mol. The summed E-state index contributed by atoms with van der Waals surface area (Å²) in [5.74, 6) is -1.12. The zero-order valence-corrected chi connectivity index (χ0v) is 10.8. The molecule has 0 aliphatic carbocycles. The third-order valence-electron chi connectivity index (χ3n) is 3.32. The van der Waals surface area contributed by atoms with Gasteiger partial charge in [0.1, 0.15) is 4.88 Å². The Hall–Kier alpha value is -1.40. The van der Waals surface area contributed by atoms with E-state index >= 15 is 0 Å². The molecule has 1 aromatic heterocycles. The molecule has 0 spiro atoms. The molecule has 0 bridgehead atoms. The van der Waals surface area contributed by atoms with Crippen LogP contribution < -0.4 is 5.73 Å². The Morgan fingerprint density at radius 2 is 2.11 bits per heavy atom. The van der Waals surface area contributed by atoms with E-state index in [1.165, 1.54) is 11.3 Å². The number of piperidine rings is 1. The van der Waals surface area contributed by atoms with E-state index in [-0.39, 0.29) is 11.8 Å². The van der Waals surface area contributed by atoms with Gasteiger partial charge in [0.05, 0.1) is 0 Å². The maximum absolute atomic E-state index is 11.0. The van der Waals surface area contributed by atoms with Crippen molar-refractivity contribution in [3.05, 3.63) is 21.9 Å². The van der Waals surface area contributed by atoms with Crippen molar-refractivity contribution in [3.8, 4) is 0 Å². The molecule has 18 heavy (non-hydrogen) atoms. The van der Waals surface area contributed by atoms with Crippen LogP contribution in [0.2, 0.25) is 0 Å². The molecule has 0 saturated carbocycles. The summed E-state index contributed by atoms with van der Waals surface area (Å²) in [6.45, 7) is 2.22.